The van der Waals surface area contributed by atoms with E-state index in [-0.39, 0.29) is 0 Å². The summed E-state index contributed by atoms with van der Waals surface area (Å²) in [7, 11) is 3.45. The molecule has 0 aliphatic rings. The Hall–Kier alpha value is -1.75. The standard InChI is InChI=1S/C13H20N2O3/c1-4-11(13(14)16)18-12-6-5-10(17-3)7-9(12)8-15-2/h5-7,11,15H,4,8H2,1-3H3,(H2,14,16). The zero-order valence-corrected chi connectivity index (χ0v) is 11.0. The summed E-state index contributed by atoms with van der Waals surface area (Å²) in [5.41, 5.74) is 6.20. The molecule has 1 aromatic carbocycles. The van der Waals surface area contributed by atoms with E-state index in [9.17, 15) is 4.79 Å². The molecule has 5 nitrogen and oxygen atoms in total. The van der Waals surface area contributed by atoms with Crippen LogP contribution in [-0.2, 0) is 11.3 Å². The summed E-state index contributed by atoms with van der Waals surface area (Å²) < 4.78 is 10.8. The minimum Gasteiger partial charge on any atom is -0.497 e. The molecule has 0 radical (unpaired) electrons. The van der Waals surface area contributed by atoms with E-state index in [1.807, 2.05) is 20.0 Å². The highest BCUT2D eigenvalue weighted by molar-refractivity contribution is 5.79. The van der Waals surface area contributed by atoms with Gasteiger partial charge in [-0.05, 0) is 31.7 Å². The molecule has 0 saturated heterocycles. The highest BCUT2D eigenvalue weighted by Crippen LogP contribution is 2.25. The van der Waals surface area contributed by atoms with Gasteiger partial charge in [-0.25, -0.2) is 0 Å². The third-order valence-corrected chi connectivity index (χ3v) is 2.59. The minimum absolute atomic E-state index is 0.455. The lowest BCUT2D eigenvalue weighted by Crippen LogP contribution is -2.33. The van der Waals surface area contributed by atoms with Gasteiger partial charge < -0.3 is 20.5 Å². The number of hydrogen-bond donors (Lipinski definition) is 2. The number of amides is 1. The number of hydrogen-bond acceptors (Lipinski definition) is 4. The summed E-state index contributed by atoms with van der Waals surface area (Å²) in [6.45, 7) is 2.48. The van der Waals surface area contributed by atoms with Gasteiger partial charge in [0.05, 0.1) is 7.11 Å². The van der Waals surface area contributed by atoms with E-state index in [0.717, 1.165) is 11.3 Å². The molecule has 0 heterocycles. The number of ether oxygens (including phenoxy) is 2. The van der Waals surface area contributed by atoms with Crippen molar-refractivity contribution in [2.75, 3.05) is 14.2 Å². The molecule has 1 rings (SSSR count). The average Bonchev–Trinajstić information content (AvgIpc) is 2.37. The predicted octanol–water partition coefficient (Wildman–Crippen LogP) is 1.06. The van der Waals surface area contributed by atoms with Gasteiger partial charge in [-0.15, -0.1) is 0 Å². The first-order valence-corrected chi connectivity index (χ1v) is 5.89. The van der Waals surface area contributed by atoms with Crippen molar-refractivity contribution < 1.29 is 14.3 Å². The molecule has 18 heavy (non-hydrogen) atoms. The van der Waals surface area contributed by atoms with Crippen LogP contribution in [0.4, 0.5) is 0 Å². The van der Waals surface area contributed by atoms with Gasteiger partial charge in [0.25, 0.3) is 5.91 Å². The van der Waals surface area contributed by atoms with Gasteiger partial charge in [0.15, 0.2) is 6.10 Å². The molecule has 0 aliphatic heterocycles. The van der Waals surface area contributed by atoms with Gasteiger partial charge in [0.2, 0.25) is 0 Å². The molecule has 0 saturated carbocycles. The normalized spacial score (nSPS) is 11.9. The molecule has 3 N–H and O–H groups in total. The summed E-state index contributed by atoms with van der Waals surface area (Å²) in [5.74, 6) is 0.944. The average molecular weight is 252 g/mol. The van der Waals surface area contributed by atoms with Crippen molar-refractivity contribution in [3.8, 4) is 11.5 Å². The summed E-state index contributed by atoms with van der Waals surface area (Å²) >= 11 is 0. The van der Waals surface area contributed by atoms with Crippen LogP contribution in [0.15, 0.2) is 18.2 Å². The van der Waals surface area contributed by atoms with Crippen molar-refractivity contribution in [1.29, 1.82) is 0 Å². The molecule has 1 atom stereocenters. The van der Waals surface area contributed by atoms with Gasteiger partial charge >= 0.3 is 0 Å². The fourth-order valence-electron chi connectivity index (χ4n) is 1.62. The maximum Gasteiger partial charge on any atom is 0.258 e. The molecule has 5 heteroatoms. The minimum atomic E-state index is -0.603. The maximum atomic E-state index is 11.2. The second kappa shape index (κ2) is 6.86. The van der Waals surface area contributed by atoms with Crippen LogP contribution >= 0.6 is 0 Å². The third kappa shape index (κ3) is 3.63. The van der Waals surface area contributed by atoms with Gasteiger partial charge in [-0.1, -0.05) is 6.92 Å². The maximum absolute atomic E-state index is 11.2. The second-order valence-electron chi connectivity index (χ2n) is 3.92. The first kappa shape index (κ1) is 14.3. The van der Waals surface area contributed by atoms with Crippen molar-refractivity contribution in [3.05, 3.63) is 23.8 Å². The summed E-state index contributed by atoms with van der Waals surface area (Å²) in [6.07, 6.45) is -0.0608. The summed E-state index contributed by atoms with van der Waals surface area (Å²) in [6, 6.07) is 5.46. The molecule has 1 amide bonds. The van der Waals surface area contributed by atoms with Gasteiger partial charge in [-0.3, -0.25) is 4.79 Å². The lowest BCUT2D eigenvalue weighted by atomic mass is 10.1. The SMILES string of the molecule is CCC(Oc1ccc(OC)cc1CNC)C(N)=O. The topological polar surface area (TPSA) is 73.6 Å². The Kier molecular flexibility index (Phi) is 5.45. The number of nitrogens with one attached hydrogen (secondary N) is 1. The Bertz CT molecular complexity index is 407. The Balaban J connectivity index is 2.95. The van der Waals surface area contributed by atoms with E-state index >= 15 is 0 Å². The number of rotatable bonds is 7. The Labute approximate surface area is 107 Å². The number of carbonyl (C=O) groups is 1. The zero-order valence-electron chi connectivity index (χ0n) is 11.0. The van der Waals surface area contributed by atoms with Crippen molar-refractivity contribution in [2.24, 2.45) is 5.73 Å². The van der Waals surface area contributed by atoms with Crippen LogP contribution in [0.5, 0.6) is 11.5 Å². The molecular weight excluding hydrogens is 232 g/mol. The molecule has 100 valence electrons. The van der Waals surface area contributed by atoms with E-state index in [1.54, 1.807) is 19.2 Å². The fourth-order valence-corrected chi connectivity index (χ4v) is 1.62. The Morgan fingerprint density at radius 1 is 1.50 bits per heavy atom. The van der Waals surface area contributed by atoms with Crippen LogP contribution in [0.1, 0.15) is 18.9 Å². The van der Waals surface area contributed by atoms with Crippen molar-refractivity contribution in [3.63, 3.8) is 0 Å². The largest absolute Gasteiger partial charge is 0.497 e. The van der Waals surface area contributed by atoms with Gasteiger partial charge in [-0.2, -0.15) is 0 Å². The lowest BCUT2D eigenvalue weighted by molar-refractivity contribution is -0.124. The molecule has 1 unspecified atom stereocenters. The Morgan fingerprint density at radius 2 is 2.22 bits per heavy atom. The second-order valence-corrected chi connectivity index (χ2v) is 3.92. The van der Waals surface area contributed by atoms with E-state index < -0.39 is 12.0 Å². The van der Waals surface area contributed by atoms with Crippen molar-refractivity contribution in [2.45, 2.75) is 26.0 Å². The molecule has 0 fully saturated rings. The Morgan fingerprint density at radius 3 is 2.72 bits per heavy atom. The molecule has 0 spiro atoms. The molecule has 1 aromatic rings. The highest BCUT2D eigenvalue weighted by Gasteiger charge is 2.16. The van der Waals surface area contributed by atoms with Gasteiger partial charge in [0, 0.05) is 12.1 Å². The third-order valence-electron chi connectivity index (χ3n) is 2.59. The first-order chi connectivity index (χ1) is 8.62. The van der Waals surface area contributed by atoms with Crippen LogP contribution in [0, 0.1) is 0 Å². The van der Waals surface area contributed by atoms with E-state index in [0.29, 0.717) is 18.7 Å². The van der Waals surface area contributed by atoms with Crippen LogP contribution < -0.4 is 20.5 Å². The predicted molar refractivity (Wildman–Crippen MR) is 69.7 cm³/mol. The quantitative estimate of drug-likeness (QED) is 0.761. The van der Waals surface area contributed by atoms with Crippen molar-refractivity contribution >= 4 is 5.91 Å². The number of methoxy groups -OCH3 is 1. The highest BCUT2D eigenvalue weighted by atomic mass is 16.5. The number of nitrogens with two attached hydrogens (primary N) is 1. The summed E-state index contributed by atoms with van der Waals surface area (Å²) in [4.78, 5) is 11.2. The first-order valence-electron chi connectivity index (χ1n) is 5.89. The number of benzene rings is 1. The molecule has 0 bridgehead atoms. The monoisotopic (exact) mass is 252 g/mol. The van der Waals surface area contributed by atoms with Crippen molar-refractivity contribution in [1.82, 2.24) is 5.32 Å². The zero-order chi connectivity index (χ0) is 13.5. The van der Waals surface area contributed by atoms with Crippen LogP contribution in [0.25, 0.3) is 0 Å². The van der Waals surface area contributed by atoms with Crippen LogP contribution in [0.2, 0.25) is 0 Å². The lowest BCUT2D eigenvalue weighted by Gasteiger charge is -2.17. The van der Waals surface area contributed by atoms with E-state index in [4.69, 9.17) is 15.2 Å². The van der Waals surface area contributed by atoms with E-state index in [2.05, 4.69) is 5.32 Å². The number of primary amides is 1. The van der Waals surface area contributed by atoms with Gasteiger partial charge in [0.1, 0.15) is 11.5 Å². The number of carbonyl (C=O) groups excluding carboxylic acids is 1. The fraction of sp³-hybridized carbons (Fsp3) is 0.462. The molecule has 0 aliphatic carbocycles. The summed E-state index contributed by atoms with van der Waals surface area (Å²) in [5, 5.41) is 3.04. The van der Waals surface area contributed by atoms with E-state index in [1.165, 1.54) is 0 Å². The molecular formula is C13H20N2O3. The van der Waals surface area contributed by atoms with Crippen LogP contribution in [-0.4, -0.2) is 26.2 Å². The smallest absolute Gasteiger partial charge is 0.258 e. The molecule has 0 aromatic heterocycles. The van der Waals surface area contributed by atoms with Crippen LogP contribution in [0.3, 0.4) is 0 Å².